The first-order valence-electron chi connectivity index (χ1n) is 10.0. The number of benzene rings is 3. The molecular formula is C25H22N2O3S. The summed E-state index contributed by atoms with van der Waals surface area (Å²) in [6, 6.07) is 24.3. The molecule has 5 nitrogen and oxygen atoms in total. The van der Waals surface area contributed by atoms with Gasteiger partial charge in [0.1, 0.15) is 0 Å². The first-order valence-corrected chi connectivity index (χ1v) is 10.9. The molecule has 0 bridgehead atoms. The molecule has 31 heavy (non-hydrogen) atoms. The topological polar surface area (TPSA) is 66.5 Å². The van der Waals surface area contributed by atoms with Crippen LogP contribution in [0.25, 0.3) is 0 Å². The zero-order valence-electron chi connectivity index (χ0n) is 17.1. The Hall–Kier alpha value is -3.38. The monoisotopic (exact) mass is 430 g/mol. The van der Waals surface area contributed by atoms with E-state index in [1.165, 1.54) is 16.7 Å². The van der Waals surface area contributed by atoms with Crippen LogP contribution >= 0.6 is 11.8 Å². The Morgan fingerprint density at radius 3 is 2.32 bits per heavy atom. The molecule has 1 N–H and O–H groups in total. The molecule has 0 aromatic heterocycles. The average Bonchev–Trinajstić information content (AvgIpc) is 3.04. The van der Waals surface area contributed by atoms with Crippen LogP contribution in [0.4, 0.5) is 11.4 Å². The fraction of sp³-hybridized carbons (Fsp3) is 0.160. The fourth-order valence-corrected chi connectivity index (χ4v) is 4.48. The number of nitrogens with one attached hydrogen (secondary N) is 1. The van der Waals surface area contributed by atoms with Crippen molar-refractivity contribution in [1.82, 2.24) is 0 Å². The van der Waals surface area contributed by atoms with Gasteiger partial charge in [0.05, 0.1) is 17.4 Å². The van der Waals surface area contributed by atoms with Crippen molar-refractivity contribution >= 4 is 40.9 Å². The lowest BCUT2D eigenvalue weighted by Crippen LogP contribution is -2.31. The molecule has 6 heteroatoms. The van der Waals surface area contributed by atoms with Crippen LogP contribution < -0.4 is 10.2 Å². The Balaban J connectivity index is 1.36. The molecule has 1 fully saturated rings. The number of hydrogen-bond acceptors (Lipinski definition) is 4. The maximum atomic E-state index is 12.8. The van der Waals surface area contributed by atoms with Gasteiger partial charge in [0, 0.05) is 17.0 Å². The number of imide groups is 1. The van der Waals surface area contributed by atoms with Crippen LogP contribution in [0, 0.1) is 6.92 Å². The zero-order valence-corrected chi connectivity index (χ0v) is 17.9. The number of nitrogens with zero attached hydrogens (tertiary/aromatic N) is 1. The number of thioether (sulfide) groups is 1. The minimum atomic E-state index is -0.452. The maximum absolute atomic E-state index is 12.8. The first kappa shape index (κ1) is 20.9. The Morgan fingerprint density at radius 1 is 0.968 bits per heavy atom. The molecule has 156 valence electrons. The van der Waals surface area contributed by atoms with Crippen LogP contribution in [0.2, 0.25) is 0 Å². The first-order chi connectivity index (χ1) is 15.0. The summed E-state index contributed by atoms with van der Waals surface area (Å²) >= 11 is 1.37. The lowest BCUT2D eigenvalue weighted by molar-refractivity contribution is -0.121. The number of rotatable bonds is 6. The summed E-state index contributed by atoms with van der Waals surface area (Å²) in [5.74, 6) is -0.466. The largest absolute Gasteiger partial charge is 0.326 e. The number of aryl methyl sites for hydroxylation is 1. The molecule has 3 amide bonds. The Morgan fingerprint density at radius 2 is 1.65 bits per heavy atom. The van der Waals surface area contributed by atoms with Crippen molar-refractivity contribution in [2.45, 2.75) is 29.9 Å². The minimum Gasteiger partial charge on any atom is -0.326 e. The molecule has 1 aliphatic heterocycles. The average molecular weight is 431 g/mol. The highest BCUT2D eigenvalue weighted by Crippen LogP contribution is 2.34. The van der Waals surface area contributed by atoms with Gasteiger partial charge >= 0.3 is 0 Å². The van der Waals surface area contributed by atoms with Crippen LogP contribution in [0.15, 0.2) is 83.8 Å². The lowest BCUT2D eigenvalue weighted by atomic mass is 10.1. The van der Waals surface area contributed by atoms with Crippen LogP contribution in [0.5, 0.6) is 0 Å². The van der Waals surface area contributed by atoms with Crippen LogP contribution in [0.3, 0.4) is 0 Å². The standard InChI is InChI=1S/C25H22N2O3S/c1-17-7-11-20(12-8-17)27-24(29)16-22(25(27)30)31-21-13-9-19(10-14-21)26-23(28)15-18-5-3-2-4-6-18/h2-14,22H,15-16H2,1H3,(H,26,28)/t22-/m1/s1. The molecule has 0 saturated carbocycles. The van der Waals surface area contributed by atoms with E-state index in [-0.39, 0.29) is 24.1 Å². The Labute approximate surface area is 185 Å². The van der Waals surface area contributed by atoms with E-state index in [0.29, 0.717) is 17.8 Å². The molecular weight excluding hydrogens is 408 g/mol. The highest BCUT2D eigenvalue weighted by Gasteiger charge is 2.40. The van der Waals surface area contributed by atoms with E-state index in [2.05, 4.69) is 5.32 Å². The predicted molar refractivity (Wildman–Crippen MR) is 123 cm³/mol. The van der Waals surface area contributed by atoms with Gasteiger partial charge < -0.3 is 5.32 Å². The van der Waals surface area contributed by atoms with E-state index < -0.39 is 5.25 Å². The van der Waals surface area contributed by atoms with E-state index in [1.807, 2.05) is 73.7 Å². The molecule has 0 spiro atoms. The molecule has 0 unspecified atom stereocenters. The van der Waals surface area contributed by atoms with Gasteiger partial charge in [0.2, 0.25) is 17.7 Å². The molecule has 0 aliphatic carbocycles. The van der Waals surface area contributed by atoms with Gasteiger partial charge in [-0.3, -0.25) is 14.4 Å². The smallest absolute Gasteiger partial charge is 0.247 e. The van der Waals surface area contributed by atoms with Crippen molar-refractivity contribution in [2.75, 3.05) is 10.2 Å². The normalized spacial score (nSPS) is 15.9. The van der Waals surface area contributed by atoms with E-state index in [0.717, 1.165) is 16.0 Å². The number of amides is 3. The highest BCUT2D eigenvalue weighted by molar-refractivity contribution is 8.00. The van der Waals surface area contributed by atoms with Crippen molar-refractivity contribution in [3.63, 3.8) is 0 Å². The summed E-state index contributed by atoms with van der Waals surface area (Å²) in [5, 5.41) is 2.43. The second-order valence-electron chi connectivity index (χ2n) is 7.45. The maximum Gasteiger partial charge on any atom is 0.247 e. The van der Waals surface area contributed by atoms with Crippen molar-refractivity contribution in [3.8, 4) is 0 Å². The molecule has 3 aromatic carbocycles. The van der Waals surface area contributed by atoms with Gasteiger partial charge in [0.25, 0.3) is 0 Å². The Kier molecular flexibility index (Phi) is 6.18. The minimum absolute atomic E-state index is 0.0862. The number of anilines is 2. The van der Waals surface area contributed by atoms with E-state index in [1.54, 1.807) is 12.1 Å². The predicted octanol–water partition coefficient (Wildman–Crippen LogP) is 4.60. The Bertz CT molecular complexity index is 1100. The van der Waals surface area contributed by atoms with Gasteiger partial charge in [-0.15, -0.1) is 11.8 Å². The zero-order chi connectivity index (χ0) is 21.8. The number of carbonyl (C=O) groups excluding carboxylic acids is 3. The summed E-state index contributed by atoms with van der Waals surface area (Å²) < 4.78 is 0. The number of hydrogen-bond donors (Lipinski definition) is 1. The summed E-state index contributed by atoms with van der Waals surface area (Å²) in [4.78, 5) is 39.6. The third kappa shape index (κ3) is 5.03. The van der Waals surface area contributed by atoms with Gasteiger partial charge in [-0.1, -0.05) is 48.0 Å². The van der Waals surface area contributed by atoms with E-state index >= 15 is 0 Å². The molecule has 1 saturated heterocycles. The van der Waals surface area contributed by atoms with E-state index in [9.17, 15) is 14.4 Å². The molecule has 0 radical (unpaired) electrons. The molecule has 1 aliphatic rings. The lowest BCUT2D eigenvalue weighted by Gasteiger charge is -2.15. The summed E-state index contributed by atoms with van der Waals surface area (Å²) in [6.45, 7) is 1.96. The molecule has 3 aromatic rings. The molecule has 1 atom stereocenters. The highest BCUT2D eigenvalue weighted by atomic mass is 32.2. The van der Waals surface area contributed by atoms with Crippen LogP contribution in [-0.2, 0) is 20.8 Å². The van der Waals surface area contributed by atoms with Crippen molar-refractivity contribution in [3.05, 3.63) is 90.0 Å². The summed E-state index contributed by atoms with van der Waals surface area (Å²) in [6.07, 6.45) is 0.484. The number of carbonyl (C=O) groups is 3. The van der Waals surface area contributed by atoms with Gasteiger partial charge in [-0.05, 0) is 48.9 Å². The summed E-state index contributed by atoms with van der Waals surface area (Å²) in [7, 11) is 0. The second-order valence-corrected chi connectivity index (χ2v) is 8.72. The van der Waals surface area contributed by atoms with Gasteiger partial charge in [-0.2, -0.15) is 0 Å². The molecule has 1 heterocycles. The van der Waals surface area contributed by atoms with Crippen molar-refractivity contribution in [2.24, 2.45) is 0 Å². The van der Waals surface area contributed by atoms with Gasteiger partial charge in [0.15, 0.2) is 0 Å². The second kappa shape index (κ2) is 9.18. The summed E-state index contributed by atoms with van der Waals surface area (Å²) in [5.41, 5.74) is 3.33. The fourth-order valence-electron chi connectivity index (χ4n) is 3.43. The third-order valence-corrected chi connectivity index (χ3v) is 6.22. The van der Waals surface area contributed by atoms with Crippen molar-refractivity contribution < 1.29 is 14.4 Å². The van der Waals surface area contributed by atoms with Crippen LogP contribution in [-0.4, -0.2) is 23.0 Å². The van der Waals surface area contributed by atoms with E-state index in [4.69, 9.17) is 0 Å². The molecule has 4 rings (SSSR count). The SMILES string of the molecule is Cc1ccc(N2C(=O)C[C@@H](Sc3ccc(NC(=O)Cc4ccccc4)cc3)C2=O)cc1. The quantitative estimate of drug-likeness (QED) is 0.581. The van der Waals surface area contributed by atoms with Gasteiger partial charge in [-0.25, -0.2) is 4.90 Å². The van der Waals surface area contributed by atoms with Crippen LogP contribution in [0.1, 0.15) is 17.5 Å². The third-order valence-electron chi connectivity index (χ3n) is 5.02. The van der Waals surface area contributed by atoms with Crippen molar-refractivity contribution in [1.29, 1.82) is 0 Å².